The monoisotopic (exact) mass is 388 g/mol. The fourth-order valence-electron chi connectivity index (χ4n) is 3.02. The van der Waals surface area contributed by atoms with Crippen LogP contribution in [-0.4, -0.2) is 38.9 Å². The molecule has 2 aromatic carbocycles. The molecular formula is C18H17FN4O5. The highest BCUT2D eigenvalue weighted by Crippen LogP contribution is 2.45. The van der Waals surface area contributed by atoms with Gasteiger partial charge in [-0.1, -0.05) is 0 Å². The average molecular weight is 388 g/mol. The number of carbonyl (C=O) groups is 1. The second kappa shape index (κ2) is 6.55. The van der Waals surface area contributed by atoms with E-state index in [1.54, 1.807) is 20.8 Å². The van der Waals surface area contributed by atoms with Gasteiger partial charge in [0.25, 0.3) is 0 Å². The van der Waals surface area contributed by atoms with Gasteiger partial charge in [0.05, 0.1) is 12.5 Å². The van der Waals surface area contributed by atoms with E-state index >= 15 is 0 Å². The Balaban J connectivity index is 2.54. The molecule has 3 aromatic rings. The molecular weight excluding hydrogens is 371 g/mol. The Morgan fingerprint density at radius 1 is 1.25 bits per heavy atom. The topological polar surface area (TPSA) is 125 Å². The van der Waals surface area contributed by atoms with Crippen molar-refractivity contribution in [3.05, 3.63) is 28.9 Å². The Morgan fingerprint density at radius 2 is 1.93 bits per heavy atom. The number of rotatable bonds is 3. The molecule has 0 fully saturated rings. The first-order valence-corrected chi connectivity index (χ1v) is 8.16. The maximum atomic E-state index is 13.8. The zero-order valence-electron chi connectivity index (χ0n) is 15.5. The quantitative estimate of drug-likeness (QED) is 0.505. The summed E-state index contributed by atoms with van der Waals surface area (Å²) in [7, 11) is 1.29. The number of fused-ring (bicyclic) bond motifs is 3. The first-order chi connectivity index (χ1) is 13.1. The van der Waals surface area contributed by atoms with E-state index in [2.05, 4.69) is 15.1 Å². The third-order valence-electron chi connectivity index (χ3n) is 4.17. The van der Waals surface area contributed by atoms with Crippen molar-refractivity contribution in [3.8, 4) is 11.6 Å². The molecule has 1 heterocycles. The number of halogens is 1. The van der Waals surface area contributed by atoms with Crippen LogP contribution in [-0.2, 0) is 0 Å². The molecule has 0 radical (unpaired) electrons. The van der Waals surface area contributed by atoms with E-state index in [-0.39, 0.29) is 33.5 Å². The minimum atomic E-state index is -1.33. The van der Waals surface area contributed by atoms with Crippen LogP contribution in [0.2, 0.25) is 0 Å². The summed E-state index contributed by atoms with van der Waals surface area (Å²) < 4.78 is 19.1. The van der Waals surface area contributed by atoms with Crippen LogP contribution < -0.4 is 9.64 Å². The molecule has 3 rings (SSSR count). The third-order valence-corrected chi connectivity index (χ3v) is 4.17. The van der Waals surface area contributed by atoms with Gasteiger partial charge in [-0.25, -0.2) is 19.1 Å². The lowest BCUT2D eigenvalue weighted by Gasteiger charge is -2.31. The number of nitroso groups, excluding NO2 is 1. The summed E-state index contributed by atoms with van der Waals surface area (Å²) in [4.78, 5) is 32.4. The van der Waals surface area contributed by atoms with Crippen LogP contribution in [0, 0.1) is 10.7 Å². The Labute approximate surface area is 158 Å². The predicted octanol–water partition coefficient (Wildman–Crippen LogP) is 4.32. The van der Waals surface area contributed by atoms with Crippen LogP contribution >= 0.6 is 0 Å². The second-order valence-electron chi connectivity index (χ2n) is 7.02. The highest BCUT2D eigenvalue weighted by Gasteiger charge is 2.32. The molecule has 0 aliphatic heterocycles. The standard InChI is InChI=1S/C18H17FN4O5/c1-18(2,3)23(17(25)26)16-20-12-11(15(21-16)28-4)10-7-8(19)5-6-9(10)14(24)13(12)22-27/h5-7,24H,1-4H3,(H,25,26). The van der Waals surface area contributed by atoms with Crippen molar-refractivity contribution < 1.29 is 24.1 Å². The molecule has 0 saturated carbocycles. The molecule has 0 spiro atoms. The number of benzene rings is 2. The highest BCUT2D eigenvalue weighted by molar-refractivity contribution is 6.16. The molecule has 0 unspecified atom stereocenters. The van der Waals surface area contributed by atoms with Crippen LogP contribution in [0.25, 0.3) is 21.7 Å². The summed E-state index contributed by atoms with van der Waals surface area (Å²) in [6, 6.07) is 3.55. The predicted molar refractivity (Wildman–Crippen MR) is 101 cm³/mol. The number of phenolic OH excluding ortho intramolecular Hbond substituents is 1. The van der Waals surface area contributed by atoms with E-state index in [9.17, 15) is 24.3 Å². The smallest absolute Gasteiger partial charge is 0.414 e. The molecule has 146 valence electrons. The normalized spacial score (nSPS) is 11.6. The molecule has 0 saturated heterocycles. The summed E-state index contributed by atoms with van der Waals surface area (Å²) >= 11 is 0. The van der Waals surface area contributed by atoms with Crippen LogP contribution in [0.4, 0.5) is 20.8 Å². The van der Waals surface area contributed by atoms with Gasteiger partial charge >= 0.3 is 6.09 Å². The van der Waals surface area contributed by atoms with Crippen molar-refractivity contribution in [1.29, 1.82) is 0 Å². The van der Waals surface area contributed by atoms with Crippen molar-refractivity contribution in [2.24, 2.45) is 5.18 Å². The summed E-state index contributed by atoms with van der Waals surface area (Å²) in [6.45, 7) is 4.90. The van der Waals surface area contributed by atoms with Crippen molar-refractivity contribution in [2.75, 3.05) is 12.0 Å². The van der Waals surface area contributed by atoms with Crippen molar-refractivity contribution in [3.63, 3.8) is 0 Å². The van der Waals surface area contributed by atoms with Crippen molar-refractivity contribution >= 4 is 39.4 Å². The highest BCUT2D eigenvalue weighted by atomic mass is 19.1. The largest absolute Gasteiger partial charge is 0.505 e. The maximum absolute atomic E-state index is 13.8. The number of phenols is 1. The van der Waals surface area contributed by atoms with E-state index in [1.165, 1.54) is 13.2 Å². The van der Waals surface area contributed by atoms with Gasteiger partial charge in [0, 0.05) is 16.3 Å². The molecule has 0 aliphatic carbocycles. The average Bonchev–Trinajstić information content (AvgIpc) is 2.59. The minimum Gasteiger partial charge on any atom is -0.505 e. The first kappa shape index (κ1) is 19.2. The molecule has 0 atom stereocenters. The molecule has 0 aliphatic rings. The number of hydrogen-bond donors (Lipinski definition) is 2. The Hall–Kier alpha value is -3.56. The van der Waals surface area contributed by atoms with E-state index in [4.69, 9.17) is 4.74 Å². The molecule has 1 aromatic heterocycles. The Kier molecular flexibility index (Phi) is 4.50. The number of carboxylic acid groups (broad SMARTS) is 1. The van der Waals surface area contributed by atoms with Crippen molar-refractivity contribution in [2.45, 2.75) is 26.3 Å². The molecule has 0 bridgehead atoms. The van der Waals surface area contributed by atoms with Gasteiger partial charge in [-0.3, -0.25) is 0 Å². The summed E-state index contributed by atoms with van der Waals surface area (Å²) in [5.41, 5.74) is -1.50. The van der Waals surface area contributed by atoms with Crippen LogP contribution in [0.3, 0.4) is 0 Å². The number of methoxy groups -OCH3 is 1. The van der Waals surface area contributed by atoms with Gasteiger partial charge in [0.15, 0.2) is 11.4 Å². The van der Waals surface area contributed by atoms with E-state index in [1.807, 2.05) is 0 Å². The second-order valence-corrected chi connectivity index (χ2v) is 7.02. The van der Waals surface area contributed by atoms with Crippen LogP contribution in [0.15, 0.2) is 23.4 Å². The first-order valence-electron chi connectivity index (χ1n) is 8.16. The zero-order valence-corrected chi connectivity index (χ0v) is 15.5. The lowest BCUT2D eigenvalue weighted by Crippen LogP contribution is -2.46. The molecule has 10 heteroatoms. The van der Waals surface area contributed by atoms with E-state index in [0.717, 1.165) is 17.0 Å². The third kappa shape index (κ3) is 2.92. The lowest BCUT2D eigenvalue weighted by atomic mass is 10.0. The number of hydrogen-bond acceptors (Lipinski definition) is 7. The van der Waals surface area contributed by atoms with E-state index in [0.29, 0.717) is 0 Å². The molecule has 1 amide bonds. The number of anilines is 1. The number of aromatic nitrogens is 2. The number of amides is 1. The molecule has 9 nitrogen and oxygen atoms in total. The number of nitrogens with zero attached hydrogens (tertiary/aromatic N) is 4. The maximum Gasteiger partial charge on any atom is 0.414 e. The number of ether oxygens (including phenoxy) is 1. The van der Waals surface area contributed by atoms with Gasteiger partial charge in [-0.05, 0) is 44.1 Å². The zero-order chi connectivity index (χ0) is 20.8. The van der Waals surface area contributed by atoms with Gasteiger partial charge < -0.3 is 14.9 Å². The van der Waals surface area contributed by atoms with Gasteiger partial charge in [-0.15, -0.1) is 4.91 Å². The fraction of sp³-hybridized carbons (Fsp3) is 0.278. The lowest BCUT2D eigenvalue weighted by molar-refractivity contribution is 0.195. The van der Waals surface area contributed by atoms with Crippen molar-refractivity contribution in [1.82, 2.24) is 9.97 Å². The number of aromatic hydroxyl groups is 1. The SMILES string of the molecule is COc1nc(N(C(=O)O)C(C)(C)C)nc2c(N=O)c(O)c3ccc(F)cc3c12. The van der Waals surface area contributed by atoms with Crippen LogP contribution in [0.1, 0.15) is 20.8 Å². The Bertz CT molecular complexity index is 1130. The fourth-order valence-corrected chi connectivity index (χ4v) is 3.02. The Morgan fingerprint density at radius 3 is 2.46 bits per heavy atom. The van der Waals surface area contributed by atoms with Gasteiger partial charge in [0.2, 0.25) is 11.8 Å². The van der Waals surface area contributed by atoms with Crippen LogP contribution in [0.5, 0.6) is 11.6 Å². The summed E-state index contributed by atoms with van der Waals surface area (Å²) in [5.74, 6) is -1.45. The summed E-state index contributed by atoms with van der Waals surface area (Å²) in [5, 5.41) is 23.4. The van der Waals surface area contributed by atoms with E-state index < -0.39 is 28.9 Å². The summed E-state index contributed by atoms with van der Waals surface area (Å²) in [6.07, 6.45) is -1.33. The minimum absolute atomic E-state index is 0.0870. The van der Waals surface area contributed by atoms with Gasteiger partial charge in [-0.2, -0.15) is 4.98 Å². The van der Waals surface area contributed by atoms with Gasteiger partial charge in [0.1, 0.15) is 11.3 Å². The molecule has 2 N–H and O–H groups in total. The molecule has 28 heavy (non-hydrogen) atoms.